The Labute approximate surface area is 124 Å². The van der Waals surface area contributed by atoms with Crippen LogP contribution in [0.2, 0.25) is 18.1 Å². The van der Waals surface area contributed by atoms with Gasteiger partial charge >= 0.3 is 0 Å². The highest BCUT2D eigenvalue weighted by Gasteiger charge is 2.29. The van der Waals surface area contributed by atoms with E-state index in [0.717, 1.165) is 17.0 Å². The molecule has 0 bridgehead atoms. The summed E-state index contributed by atoms with van der Waals surface area (Å²) in [7, 11) is -1.13. The van der Waals surface area contributed by atoms with Gasteiger partial charge in [0.2, 0.25) is 0 Å². The molecule has 0 fully saturated rings. The molecule has 1 aromatic rings. The first-order valence-corrected chi connectivity index (χ1v) is 10.1. The molecule has 0 aliphatic rings. The molecule has 0 amide bonds. The Morgan fingerprint density at radius 1 is 1.32 bits per heavy atom. The molecule has 108 valence electrons. The van der Waals surface area contributed by atoms with Crippen LogP contribution < -0.4 is 5.73 Å². The monoisotopic (exact) mass is 299 g/mol. The second kappa shape index (κ2) is 6.89. The topological polar surface area (TPSA) is 35.2 Å². The van der Waals surface area contributed by atoms with E-state index in [2.05, 4.69) is 39.9 Å². The van der Waals surface area contributed by atoms with E-state index in [-0.39, 0.29) is 11.5 Å². The summed E-state index contributed by atoms with van der Waals surface area (Å²) in [5.41, 5.74) is 7.99. The summed E-state index contributed by atoms with van der Waals surface area (Å²) in [5, 5.41) is 0.787. The highest BCUT2D eigenvalue weighted by molar-refractivity contribution is 6.48. The van der Waals surface area contributed by atoms with Gasteiger partial charge in [-0.1, -0.05) is 44.5 Å². The van der Waals surface area contributed by atoms with Gasteiger partial charge in [0.05, 0.1) is 6.10 Å². The third kappa shape index (κ3) is 4.92. The normalized spacial score (nSPS) is 13.9. The molecule has 19 heavy (non-hydrogen) atoms. The zero-order valence-corrected chi connectivity index (χ0v) is 14.6. The standard InChI is InChI=1S/C15H26ClNOSi/c1-15(2,3)14(18-19(4)5)12-10-11(8-9-17)6-7-13(12)16/h6-7,10,14,19H,8-9,17H2,1-5H3. The first kappa shape index (κ1) is 16.7. The van der Waals surface area contributed by atoms with Crippen LogP contribution in [0, 0.1) is 5.41 Å². The molecule has 2 N–H and O–H groups in total. The van der Waals surface area contributed by atoms with Crippen LogP contribution in [-0.4, -0.2) is 15.6 Å². The average molecular weight is 300 g/mol. The van der Waals surface area contributed by atoms with Gasteiger partial charge in [0.1, 0.15) is 0 Å². The predicted octanol–water partition coefficient (Wildman–Crippen LogP) is 3.93. The Hall–Kier alpha value is -0.353. The molecule has 4 heteroatoms. The van der Waals surface area contributed by atoms with Crippen LogP contribution >= 0.6 is 11.6 Å². The smallest absolute Gasteiger partial charge is 0.171 e. The minimum Gasteiger partial charge on any atom is -0.413 e. The van der Waals surface area contributed by atoms with Crippen molar-refractivity contribution in [1.82, 2.24) is 0 Å². The maximum absolute atomic E-state index is 6.38. The van der Waals surface area contributed by atoms with E-state index >= 15 is 0 Å². The molecular formula is C15H26ClNOSi. The molecule has 0 spiro atoms. The van der Waals surface area contributed by atoms with E-state index < -0.39 is 9.04 Å². The van der Waals surface area contributed by atoms with Crippen molar-refractivity contribution in [1.29, 1.82) is 0 Å². The average Bonchev–Trinajstić information content (AvgIpc) is 2.27. The summed E-state index contributed by atoms with van der Waals surface area (Å²) < 4.78 is 6.24. The van der Waals surface area contributed by atoms with Gasteiger partial charge in [-0.15, -0.1) is 0 Å². The highest BCUT2D eigenvalue weighted by atomic mass is 35.5. The second-order valence-corrected chi connectivity index (χ2v) is 9.10. The summed E-state index contributed by atoms with van der Waals surface area (Å²) in [6.45, 7) is 11.6. The quantitative estimate of drug-likeness (QED) is 0.836. The summed E-state index contributed by atoms with van der Waals surface area (Å²) in [4.78, 5) is 0. The number of hydrogen-bond acceptors (Lipinski definition) is 2. The SMILES string of the molecule is C[SiH](C)OC(c1cc(CCN)ccc1Cl)C(C)(C)C. The summed E-state index contributed by atoms with van der Waals surface area (Å²) in [5.74, 6) is 0. The lowest BCUT2D eigenvalue weighted by Gasteiger charge is -2.33. The van der Waals surface area contributed by atoms with Crippen molar-refractivity contribution in [2.24, 2.45) is 11.1 Å². The van der Waals surface area contributed by atoms with Gasteiger partial charge in [0, 0.05) is 5.02 Å². The molecular weight excluding hydrogens is 274 g/mol. The maximum Gasteiger partial charge on any atom is 0.171 e. The van der Waals surface area contributed by atoms with Crippen molar-refractivity contribution < 1.29 is 4.43 Å². The Balaban J connectivity index is 3.17. The number of rotatable bonds is 5. The number of nitrogens with two attached hydrogens (primary N) is 1. The minimum atomic E-state index is -1.13. The largest absolute Gasteiger partial charge is 0.413 e. The first-order valence-electron chi connectivity index (χ1n) is 6.89. The van der Waals surface area contributed by atoms with Crippen molar-refractivity contribution in [3.8, 4) is 0 Å². The molecule has 0 radical (unpaired) electrons. The fraction of sp³-hybridized carbons (Fsp3) is 0.600. The summed E-state index contributed by atoms with van der Waals surface area (Å²) >= 11 is 6.38. The van der Waals surface area contributed by atoms with Gasteiger partial charge in [0.15, 0.2) is 9.04 Å². The molecule has 1 unspecified atom stereocenters. The lowest BCUT2D eigenvalue weighted by atomic mass is 9.84. The maximum atomic E-state index is 6.38. The molecule has 1 aromatic carbocycles. The van der Waals surface area contributed by atoms with Crippen LogP contribution in [0.4, 0.5) is 0 Å². The summed E-state index contributed by atoms with van der Waals surface area (Å²) in [6.07, 6.45) is 0.921. The third-order valence-corrected chi connectivity index (χ3v) is 4.13. The Kier molecular flexibility index (Phi) is 6.05. The Morgan fingerprint density at radius 2 is 1.95 bits per heavy atom. The molecule has 0 aromatic heterocycles. The molecule has 1 rings (SSSR count). The van der Waals surface area contributed by atoms with E-state index in [4.69, 9.17) is 21.8 Å². The van der Waals surface area contributed by atoms with Crippen molar-refractivity contribution in [2.45, 2.75) is 46.4 Å². The molecule has 0 saturated carbocycles. The molecule has 0 heterocycles. The van der Waals surface area contributed by atoms with Crippen molar-refractivity contribution in [3.05, 3.63) is 34.3 Å². The third-order valence-electron chi connectivity index (χ3n) is 2.97. The Morgan fingerprint density at radius 3 is 2.42 bits per heavy atom. The minimum absolute atomic E-state index is 0.0300. The molecule has 0 saturated heterocycles. The van der Waals surface area contributed by atoms with Gasteiger partial charge in [-0.25, -0.2) is 0 Å². The van der Waals surface area contributed by atoms with Crippen molar-refractivity contribution in [3.63, 3.8) is 0 Å². The van der Waals surface area contributed by atoms with E-state index in [9.17, 15) is 0 Å². The van der Waals surface area contributed by atoms with Crippen LogP contribution in [-0.2, 0) is 10.8 Å². The van der Waals surface area contributed by atoms with Gasteiger partial charge in [-0.05, 0) is 48.7 Å². The fourth-order valence-corrected chi connectivity index (χ4v) is 3.45. The van der Waals surface area contributed by atoms with E-state index in [1.54, 1.807) is 0 Å². The molecule has 0 aliphatic carbocycles. The van der Waals surface area contributed by atoms with Crippen LogP contribution in [0.15, 0.2) is 18.2 Å². The van der Waals surface area contributed by atoms with Crippen LogP contribution in [0.3, 0.4) is 0 Å². The highest BCUT2D eigenvalue weighted by Crippen LogP contribution is 2.40. The zero-order valence-electron chi connectivity index (χ0n) is 12.7. The van der Waals surface area contributed by atoms with E-state index in [0.29, 0.717) is 6.54 Å². The molecule has 2 nitrogen and oxygen atoms in total. The van der Waals surface area contributed by atoms with Gasteiger partial charge < -0.3 is 10.2 Å². The zero-order chi connectivity index (χ0) is 14.6. The lowest BCUT2D eigenvalue weighted by molar-refractivity contribution is 0.0866. The fourth-order valence-electron chi connectivity index (χ4n) is 2.13. The number of hydrogen-bond donors (Lipinski definition) is 1. The molecule has 1 atom stereocenters. The lowest BCUT2D eigenvalue weighted by Crippen LogP contribution is -2.26. The van der Waals surface area contributed by atoms with E-state index in [1.165, 1.54) is 5.56 Å². The number of benzene rings is 1. The second-order valence-electron chi connectivity index (χ2n) is 6.33. The van der Waals surface area contributed by atoms with E-state index in [1.807, 2.05) is 12.1 Å². The van der Waals surface area contributed by atoms with Crippen LogP contribution in [0.1, 0.15) is 38.0 Å². The summed E-state index contributed by atoms with van der Waals surface area (Å²) in [6, 6.07) is 6.17. The van der Waals surface area contributed by atoms with Gasteiger partial charge in [-0.2, -0.15) is 0 Å². The van der Waals surface area contributed by atoms with Gasteiger partial charge in [0.25, 0.3) is 0 Å². The first-order chi connectivity index (χ1) is 8.75. The van der Waals surface area contributed by atoms with Gasteiger partial charge in [-0.3, -0.25) is 0 Å². The number of halogens is 1. The Bertz CT molecular complexity index is 415. The van der Waals surface area contributed by atoms with Crippen LogP contribution in [0.25, 0.3) is 0 Å². The van der Waals surface area contributed by atoms with Crippen molar-refractivity contribution >= 4 is 20.6 Å². The predicted molar refractivity (Wildman–Crippen MR) is 86.4 cm³/mol. The molecule has 0 aliphatic heterocycles. The van der Waals surface area contributed by atoms with Crippen molar-refractivity contribution in [2.75, 3.05) is 6.54 Å². The van der Waals surface area contributed by atoms with Crippen LogP contribution in [0.5, 0.6) is 0 Å².